The van der Waals surface area contributed by atoms with Crippen LogP contribution in [0.4, 0.5) is 0 Å². The smallest absolute Gasteiger partial charge is 0.242 e. The first-order valence-electron chi connectivity index (χ1n) is 8.95. The van der Waals surface area contributed by atoms with Crippen LogP contribution < -0.4 is 5.32 Å². The predicted octanol–water partition coefficient (Wildman–Crippen LogP) is 2.46. The molecular formula is C20H24ClN5O. The van der Waals surface area contributed by atoms with Gasteiger partial charge in [-0.3, -0.25) is 14.8 Å². The molecule has 142 valence electrons. The number of hydrogen-bond acceptors (Lipinski definition) is 3. The minimum absolute atomic E-state index is 0.0906. The van der Waals surface area contributed by atoms with Crippen LogP contribution in [0.2, 0.25) is 5.02 Å². The molecule has 0 unspecified atom stereocenters. The molecule has 1 saturated heterocycles. The number of nitrogens with one attached hydrogen (secondary N) is 1. The molecule has 0 spiro atoms. The Morgan fingerprint density at radius 3 is 2.67 bits per heavy atom. The maximum Gasteiger partial charge on any atom is 0.242 e. The molecule has 1 N–H and O–H groups in total. The molecule has 0 aliphatic carbocycles. The third-order valence-electron chi connectivity index (χ3n) is 4.49. The first-order chi connectivity index (χ1) is 13.0. The van der Waals surface area contributed by atoms with Crippen LogP contribution in [0.3, 0.4) is 0 Å². The number of amides is 1. The zero-order valence-electron chi connectivity index (χ0n) is 15.7. The molecular weight excluding hydrogens is 362 g/mol. The van der Waals surface area contributed by atoms with Gasteiger partial charge in [-0.15, -0.1) is 0 Å². The molecule has 0 atom stereocenters. The summed E-state index contributed by atoms with van der Waals surface area (Å²) >= 11 is 5.92. The van der Waals surface area contributed by atoms with E-state index in [2.05, 4.69) is 15.3 Å². The fourth-order valence-corrected chi connectivity index (χ4v) is 3.19. The van der Waals surface area contributed by atoms with Gasteiger partial charge in [-0.25, -0.2) is 0 Å². The average molecular weight is 386 g/mol. The molecule has 1 amide bonds. The topological polar surface area (TPSA) is 60.8 Å². The largest absolute Gasteiger partial charge is 0.351 e. The van der Waals surface area contributed by atoms with Gasteiger partial charge in [0.15, 0.2) is 5.96 Å². The van der Waals surface area contributed by atoms with Gasteiger partial charge in [-0.2, -0.15) is 0 Å². The maximum absolute atomic E-state index is 12.6. The number of nitrogens with zero attached hydrogens (tertiary/aromatic N) is 4. The van der Waals surface area contributed by atoms with Crippen molar-refractivity contribution in [3.8, 4) is 0 Å². The Balaban J connectivity index is 1.55. The lowest BCUT2D eigenvalue weighted by Crippen LogP contribution is -2.54. The van der Waals surface area contributed by atoms with E-state index in [4.69, 9.17) is 11.6 Å². The number of piperazine rings is 1. The number of aliphatic imine (C=N–C) groups is 1. The normalized spacial score (nSPS) is 15.2. The highest BCUT2D eigenvalue weighted by Gasteiger charge is 2.25. The van der Waals surface area contributed by atoms with Crippen molar-refractivity contribution in [1.82, 2.24) is 20.1 Å². The van der Waals surface area contributed by atoms with E-state index in [1.165, 1.54) is 0 Å². The van der Waals surface area contributed by atoms with Crippen LogP contribution in [0.5, 0.6) is 0 Å². The van der Waals surface area contributed by atoms with Crippen LogP contribution in [0.1, 0.15) is 17.0 Å². The van der Waals surface area contributed by atoms with Crippen molar-refractivity contribution in [3.63, 3.8) is 0 Å². The molecule has 2 aromatic rings. The van der Waals surface area contributed by atoms with E-state index in [9.17, 15) is 4.79 Å². The van der Waals surface area contributed by atoms with Gasteiger partial charge in [0.2, 0.25) is 5.91 Å². The Labute approximate surface area is 164 Å². The Morgan fingerprint density at radius 1 is 1.22 bits per heavy atom. The van der Waals surface area contributed by atoms with Gasteiger partial charge in [-0.1, -0.05) is 29.8 Å². The first-order valence-corrected chi connectivity index (χ1v) is 9.33. The van der Waals surface area contributed by atoms with Gasteiger partial charge in [0.1, 0.15) is 0 Å². The zero-order chi connectivity index (χ0) is 19.2. The van der Waals surface area contributed by atoms with E-state index in [1.54, 1.807) is 7.05 Å². The summed E-state index contributed by atoms with van der Waals surface area (Å²) in [5.74, 6) is 0.811. The van der Waals surface area contributed by atoms with E-state index < -0.39 is 0 Å². The molecule has 1 aromatic heterocycles. The predicted molar refractivity (Wildman–Crippen MR) is 108 cm³/mol. The summed E-state index contributed by atoms with van der Waals surface area (Å²) in [6, 6.07) is 13.5. The van der Waals surface area contributed by atoms with Crippen molar-refractivity contribution < 1.29 is 4.79 Å². The van der Waals surface area contributed by atoms with Gasteiger partial charge in [0.25, 0.3) is 0 Å². The van der Waals surface area contributed by atoms with Crippen molar-refractivity contribution in [2.24, 2.45) is 4.99 Å². The van der Waals surface area contributed by atoms with Gasteiger partial charge in [-0.05, 0) is 36.8 Å². The average Bonchev–Trinajstić information content (AvgIpc) is 2.66. The molecule has 0 bridgehead atoms. The Hall–Kier alpha value is -2.60. The van der Waals surface area contributed by atoms with Crippen LogP contribution in [0.25, 0.3) is 0 Å². The van der Waals surface area contributed by atoms with Crippen LogP contribution in [0, 0.1) is 6.92 Å². The van der Waals surface area contributed by atoms with Crippen molar-refractivity contribution in [2.75, 3.05) is 26.7 Å². The van der Waals surface area contributed by atoms with Crippen molar-refractivity contribution in [1.29, 1.82) is 0 Å². The van der Waals surface area contributed by atoms with E-state index in [0.29, 0.717) is 31.2 Å². The number of guanidine groups is 1. The highest BCUT2D eigenvalue weighted by atomic mass is 35.5. The van der Waals surface area contributed by atoms with Gasteiger partial charge < -0.3 is 15.1 Å². The van der Waals surface area contributed by atoms with E-state index in [-0.39, 0.29) is 5.91 Å². The number of carbonyl (C=O) groups excluding carboxylic acids is 1. The van der Waals surface area contributed by atoms with Gasteiger partial charge >= 0.3 is 0 Å². The number of hydrogen-bond donors (Lipinski definition) is 1. The lowest BCUT2D eigenvalue weighted by atomic mass is 10.2. The summed E-state index contributed by atoms with van der Waals surface area (Å²) in [5, 5.41) is 4.00. The summed E-state index contributed by atoms with van der Waals surface area (Å²) < 4.78 is 0. The summed E-state index contributed by atoms with van der Waals surface area (Å²) in [5.41, 5.74) is 3.01. The fourth-order valence-electron chi connectivity index (χ4n) is 3.07. The maximum atomic E-state index is 12.6. The number of pyridine rings is 1. The highest BCUT2D eigenvalue weighted by molar-refractivity contribution is 6.30. The number of carbonyl (C=O) groups is 1. The van der Waals surface area contributed by atoms with E-state index in [0.717, 1.165) is 29.5 Å². The quantitative estimate of drug-likeness (QED) is 0.648. The third kappa shape index (κ3) is 5.20. The SMILES string of the molecule is CN=C(NCc1cccc(C)n1)N1CCN(Cc2ccc(Cl)cc2)C(=O)C1. The van der Waals surface area contributed by atoms with E-state index in [1.807, 2.05) is 59.2 Å². The van der Waals surface area contributed by atoms with Crippen LogP contribution >= 0.6 is 11.6 Å². The Morgan fingerprint density at radius 2 is 2.00 bits per heavy atom. The number of benzene rings is 1. The molecule has 3 rings (SSSR count). The second-order valence-corrected chi connectivity index (χ2v) is 6.97. The minimum Gasteiger partial charge on any atom is -0.351 e. The Bertz CT molecular complexity index is 821. The molecule has 27 heavy (non-hydrogen) atoms. The molecule has 1 fully saturated rings. The molecule has 0 saturated carbocycles. The molecule has 1 aromatic carbocycles. The number of rotatable bonds is 4. The molecule has 1 aliphatic rings. The molecule has 2 heterocycles. The summed E-state index contributed by atoms with van der Waals surface area (Å²) in [4.78, 5) is 25.2. The zero-order valence-corrected chi connectivity index (χ0v) is 16.4. The second-order valence-electron chi connectivity index (χ2n) is 6.53. The molecule has 0 radical (unpaired) electrons. The minimum atomic E-state index is 0.0906. The van der Waals surface area contributed by atoms with Crippen LogP contribution in [0.15, 0.2) is 47.5 Å². The second kappa shape index (κ2) is 8.86. The Kier molecular flexibility index (Phi) is 6.29. The van der Waals surface area contributed by atoms with Crippen molar-refractivity contribution in [3.05, 3.63) is 64.4 Å². The first kappa shape index (κ1) is 19.2. The number of aromatic nitrogens is 1. The van der Waals surface area contributed by atoms with Crippen LogP contribution in [-0.2, 0) is 17.9 Å². The lowest BCUT2D eigenvalue weighted by Gasteiger charge is -2.36. The molecule has 6 nitrogen and oxygen atoms in total. The van der Waals surface area contributed by atoms with Gasteiger partial charge in [0.05, 0.1) is 18.8 Å². The summed E-state index contributed by atoms with van der Waals surface area (Å²) in [6.07, 6.45) is 0. The van der Waals surface area contributed by atoms with E-state index >= 15 is 0 Å². The molecule has 7 heteroatoms. The van der Waals surface area contributed by atoms with Gasteiger partial charge in [0, 0.05) is 37.4 Å². The lowest BCUT2D eigenvalue weighted by molar-refractivity contribution is -0.135. The number of aryl methyl sites for hydroxylation is 1. The van der Waals surface area contributed by atoms with Crippen molar-refractivity contribution in [2.45, 2.75) is 20.0 Å². The fraction of sp³-hybridized carbons (Fsp3) is 0.350. The standard InChI is InChI=1S/C20H24ClN5O/c1-15-4-3-5-18(24-15)12-23-20(22-2)26-11-10-25(19(27)14-26)13-16-6-8-17(21)9-7-16/h3-9H,10-14H2,1-2H3,(H,22,23). The monoisotopic (exact) mass is 385 g/mol. The summed E-state index contributed by atoms with van der Waals surface area (Å²) in [7, 11) is 1.73. The number of halogens is 1. The highest BCUT2D eigenvalue weighted by Crippen LogP contribution is 2.13. The third-order valence-corrected chi connectivity index (χ3v) is 4.74. The molecule has 1 aliphatic heterocycles. The van der Waals surface area contributed by atoms with Crippen LogP contribution in [-0.4, -0.2) is 53.3 Å². The summed E-state index contributed by atoms with van der Waals surface area (Å²) in [6.45, 7) is 4.85. The van der Waals surface area contributed by atoms with Crippen molar-refractivity contribution >= 4 is 23.5 Å².